The molecule has 4 heteroatoms. The third-order valence-corrected chi connectivity index (χ3v) is 4.35. The summed E-state index contributed by atoms with van der Waals surface area (Å²) in [5.41, 5.74) is 0.750. The molecule has 1 aromatic carbocycles. The second-order valence-electron chi connectivity index (χ2n) is 4.50. The van der Waals surface area contributed by atoms with Gasteiger partial charge in [-0.3, -0.25) is 9.00 Å². The van der Waals surface area contributed by atoms with Gasteiger partial charge in [-0.1, -0.05) is 25.0 Å². The van der Waals surface area contributed by atoms with Crippen LogP contribution in [0.25, 0.3) is 0 Å². The maximum Gasteiger partial charge on any atom is 0.307 e. The van der Waals surface area contributed by atoms with Crippen molar-refractivity contribution in [1.82, 2.24) is 0 Å². The first kappa shape index (κ1) is 12.3. The Balaban J connectivity index is 1.91. The Kier molecular flexibility index (Phi) is 3.94. The number of rotatable bonds is 6. The summed E-state index contributed by atoms with van der Waals surface area (Å²) in [5.74, 6) is 0.681. The molecule has 1 saturated carbocycles. The van der Waals surface area contributed by atoms with Gasteiger partial charge in [-0.2, -0.15) is 0 Å². The maximum absolute atomic E-state index is 11.9. The smallest absolute Gasteiger partial charge is 0.307 e. The van der Waals surface area contributed by atoms with E-state index in [0.29, 0.717) is 0 Å². The summed E-state index contributed by atoms with van der Waals surface area (Å²) >= 11 is 0. The number of carboxylic acids is 1. The molecule has 0 saturated heterocycles. The van der Waals surface area contributed by atoms with Gasteiger partial charge in [0, 0.05) is 10.6 Å². The number of benzene rings is 1. The average Bonchev–Trinajstić information content (AvgIpc) is 3.10. The molecule has 1 fully saturated rings. The zero-order chi connectivity index (χ0) is 12.3. The minimum atomic E-state index is -0.932. The summed E-state index contributed by atoms with van der Waals surface area (Å²) in [6.07, 6.45) is 3.64. The molecule has 0 heterocycles. The van der Waals surface area contributed by atoms with Crippen molar-refractivity contribution in [2.75, 3.05) is 5.75 Å². The van der Waals surface area contributed by atoms with Crippen molar-refractivity contribution in [3.05, 3.63) is 29.8 Å². The molecule has 0 aromatic heterocycles. The lowest BCUT2D eigenvalue weighted by molar-refractivity contribution is -0.136. The summed E-state index contributed by atoms with van der Waals surface area (Å²) in [7, 11) is -0.932. The summed E-state index contributed by atoms with van der Waals surface area (Å²) in [6, 6.07) is 7.06. The first-order valence-electron chi connectivity index (χ1n) is 5.84. The molecule has 3 nitrogen and oxygen atoms in total. The topological polar surface area (TPSA) is 54.4 Å². The third kappa shape index (κ3) is 3.97. The second kappa shape index (κ2) is 5.45. The Morgan fingerprint density at radius 1 is 1.29 bits per heavy atom. The van der Waals surface area contributed by atoms with Gasteiger partial charge in [-0.15, -0.1) is 0 Å². The molecular weight excluding hydrogens is 236 g/mol. The van der Waals surface area contributed by atoms with E-state index in [0.717, 1.165) is 28.6 Å². The zero-order valence-electron chi connectivity index (χ0n) is 9.59. The van der Waals surface area contributed by atoms with Crippen LogP contribution in [-0.4, -0.2) is 21.0 Å². The fourth-order valence-corrected chi connectivity index (χ4v) is 2.95. The summed E-state index contributed by atoms with van der Waals surface area (Å²) in [6.45, 7) is 0. The Morgan fingerprint density at radius 2 is 1.94 bits per heavy atom. The van der Waals surface area contributed by atoms with Crippen LogP contribution in [0.1, 0.15) is 24.8 Å². The van der Waals surface area contributed by atoms with Crippen LogP contribution in [0.4, 0.5) is 0 Å². The standard InChI is InChI=1S/C13H16O3S/c14-13(15)9-11-3-5-12(6-4-11)17(16)8-7-10-1-2-10/h3-6,10H,1-2,7-9H2,(H,14,15). The van der Waals surface area contributed by atoms with Crippen LogP contribution in [0, 0.1) is 5.92 Å². The van der Waals surface area contributed by atoms with E-state index in [9.17, 15) is 9.00 Å². The van der Waals surface area contributed by atoms with Gasteiger partial charge < -0.3 is 5.11 Å². The molecule has 1 unspecified atom stereocenters. The summed E-state index contributed by atoms with van der Waals surface area (Å²) in [5, 5.41) is 8.64. The molecule has 17 heavy (non-hydrogen) atoms. The van der Waals surface area contributed by atoms with Crippen LogP contribution in [0.15, 0.2) is 29.2 Å². The monoisotopic (exact) mass is 252 g/mol. The zero-order valence-corrected chi connectivity index (χ0v) is 10.4. The molecule has 0 spiro atoms. The van der Waals surface area contributed by atoms with Gasteiger partial charge in [-0.25, -0.2) is 0 Å². The van der Waals surface area contributed by atoms with Crippen LogP contribution >= 0.6 is 0 Å². The number of carbonyl (C=O) groups is 1. The highest BCUT2D eigenvalue weighted by molar-refractivity contribution is 7.85. The normalized spacial score (nSPS) is 16.7. The van der Waals surface area contributed by atoms with Crippen molar-refractivity contribution in [1.29, 1.82) is 0 Å². The molecule has 1 atom stereocenters. The molecule has 1 aliphatic rings. The van der Waals surface area contributed by atoms with Gasteiger partial charge in [0.15, 0.2) is 0 Å². The van der Waals surface area contributed by atoms with Crippen LogP contribution in [0.3, 0.4) is 0 Å². The van der Waals surface area contributed by atoms with E-state index in [1.165, 1.54) is 12.8 Å². The minimum absolute atomic E-state index is 0.0228. The lowest BCUT2D eigenvalue weighted by atomic mass is 10.2. The number of hydrogen-bond donors (Lipinski definition) is 1. The Bertz CT molecular complexity index is 421. The van der Waals surface area contributed by atoms with Gasteiger partial charge in [0.2, 0.25) is 0 Å². The Hall–Kier alpha value is -1.16. The number of carboxylic acid groups (broad SMARTS) is 1. The third-order valence-electron chi connectivity index (χ3n) is 2.95. The SMILES string of the molecule is O=C(O)Cc1ccc(S(=O)CCC2CC2)cc1. The van der Waals surface area contributed by atoms with Crippen LogP contribution < -0.4 is 0 Å². The molecule has 2 rings (SSSR count). The van der Waals surface area contributed by atoms with E-state index in [1.54, 1.807) is 24.3 Å². The first-order valence-corrected chi connectivity index (χ1v) is 7.16. The quantitative estimate of drug-likeness (QED) is 0.844. The van der Waals surface area contributed by atoms with Gasteiger partial charge in [0.05, 0.1) is 17.2 Å². The van der Waals surface area contributed by atoms with E-state index in [2.05, 4.69) is 0 Å². The van der Waals surface area contributed by atoms with Crippen molar-refractivity contribution in [2.24, 2.45) is 5.92 Å². The van der Waals surface area contributed by atoms with E-state index < -0.39 is 16.8 Å². The predicted octanol–water partition coefficient (Wildman–Crippen LogP) is 2.22. The second-order valence-corrected chi connectivity index (χ2v) is 6.07. The summed E-state index contributed by atoms with van der Waals surface area (Å²) in [4.78, 5) is 11.3. The van der Waals surface area contributed by atoms with E-state index in [1.807, 2.05) is 0 Å². The number of aliphatic carboxylic acids is 1. The van der Waals surface area contributed by atoms with Crippen LogP contribution in [0.5, 0.6) is 0 Å². The van der Waals surface area contributed by atoms with Crippen molar-refractivity contribution in [2.45, 2.75) is 30.6 Å². The lowest BCUT2D eigenvalue weighted by Crippen LogP contribution is -2.02. The van der Waals surface area contributed by atoms with Gasteiger partial charge in [0.1, 0.15) is 0 Å². The highest BCUT2D eigenvalue weighted by Crippen LogP contribution is 2.32. The molecule has 1 N–H and O–H groups in total. The molecule has 0 amide bonds. The van der Waals surface area contributed by atoms with Gasteiger partial charge in [0.25, 0.3) is 0 Å². The lowest BCUT2D eigenvalue weighted by Gasteiger charge is -2.03. The average molecular weight is 252 g/mol. The Morgan fingerprint density at radius 3 is 2.47 bits per heavy atom. The van der Waals surface area contributed by atoms with Crippen molar-refractivity contribution >= 4 is 16.8 Å². The highest BCUT2D eigenvalue weighted by atomic mass is 32.2. The molecule has 1 aliphatic carbocycles. The molecule has 0 radical (unpaired) electrons. The summed E-state index contributed by atoms with van der Waals surface area (Å²) < 4.78 is 11.9. The molecule has 92 valence electrons. The highest BCUT2D eigenvalue weighted by Gasteiger charge is 2.21. The van der Waals surface area contributed by atoms with Crippen molar-refractivity contribution < 1.29 is 14.1 Å². The molecule has 0 bridgehead atoms. The van der Waals surface area contributed by atoms with Crippen molar-refractivity contribution in [3.8, 4) is 0 Å². The molecular formula is C13H16O3S. The predicted molar refractivity (Wildman–Crippen MR) is 66.4 cm³/mol. The fourth-order valence-electron chi connectivity index (χ4n) is 1.73. The molecule has 1 aromatic rings. The Labute approximate surface area is 103 Å². The minimum Gasteiger partial charge on any atom is -0.481 e. The van der Waals surface area contributed by atoms with E-state index in [-0.39, 0.29) is 6.42 Å². The van der Waals surface area contributed by atoms with Gasteiger partial charge in [-0.05, 0) is 30.0 Å². The van der Waals surface area contributed by atoms with E-state index >= 15 is 0 Å². The largest absolute Gasteiger partial charge is 0.481 e. The van der Waals surface area contributed by atoms with Crippen molar-refractivity contribution in [3.63, 3.8) is 0 Å². The first-order chi connectivity index (χ1) is 8.15. The van der Waals surface area contributed by atoms with Gasteiger partial charge >= 0.3 is 5.97 Å². The maximum atomic E-state index is 11.9. The van der Waals surface area contributed by atoms with Crippen LogP contribution in [0.2, 0.25) is 0 Å². The number of hydrogen-bond acceptors (Lipinski definition) is 2. The van der Waals surface area contributed by atoms with E-state index in [4.69, 9.17) is 5.11 Å². The molecule has 0 aliphatic heterocycles. The fraction of sp³-hybridized carbons (Fsp3) is 0.462. The van der Waals surface area contributed by atoms with Crippen LogP contribution in [-0.2, 0) is 22.0 Å².